The van der Waals surface area contributed by atoms with Gasteiger partial charge in [0.2, 0.25) is 5.91 Å². The Kier molecular flexibility index (Phi) is 7.16. The number of rotatable bonds is 5. The van der Waals surface area contributed by atoms with Crippen molar-refractivity contribution in [3.63, 3.8) is 0 Å². The van der Waals surface area contributed by atoms with Crippen LogP contribution in [0.4, 0.5) is 5.69 Å². The smallest absolute Gasteiger partial charge is 0.281 e. The van der Waals surface area contributed by atoms with E-state index in [1.54, 1.807) is 10.6 Å². The van der Waals surface area contributed by atoms with Gasteiger partial charge in [0, 0.05) is 62.9 Å². The number of carbonyl (C=O) groups is 1. The van der Waals surface area contributed by atoms with Crippen molar-refractivity contribution in [3.05, 3.63) is 57.9 Å². The first-order valence-electron chi connectivity index (χ1n) is 14.0. The van der Waals surface area contributed by atoms with Gasteiger partial charge in [-0.3, -0.25) is 14.5 Å². The summed E-state index contributed by atoms with van der Waals surface area (Å²) in [5, 5.41) is 11.3. The molecule has 0 saturated carbocycles. The lowest BCUT2D eigenvalue weighted by molar-refractivity contribution is -0.143. The molecule has 4 heterocycles. The molecule has 1 atom stereocenters. The fourth-order valence-electron chi connectivity index (χ4n) is 5.94. The van der Waals surface area contributed by atoms with Gasteiger partial charge in [-0.15, -0.1) is 5.10 Å². The van der Waals surface area contributed by atoms with Crippen molar-refractivity contribution in [3.8, 4) is 0 Å². The maximum atomic E-state index is 13.5. The molecule has 6 rings (SSSR count). The van der Waals surface area contributed by atoms with E-state index in [2.05, 4.69) is 30.4 Å². The van der Waals surface area contributed by atoms with E-state index in [0.29, 0.717) is 15.8 Å². The topological polar surface area (TPSA) is 119 Å². The van der Waals surface area contributed by atoms with Crippen molar-refractivity contribution in [2.24, 2.45) is 0 Å². The number of hydrogen-bond acceptors (Lipinski definition) is 8. The molecule has 0 spiro atoms. The number of fused-ring (bicyclic) bond motifs is 3. The summed E-state index contributed by atoms with van der Waals surface area (Å²) >= 11 is 0. The number of aromatic nitrogens is 4. The molecule has 41 heavy (non-hydrogen) atoms. The van der Waals surface area contributed by atoms with Crippen molar-refractivity contribution in [1.82, 2.24) is 34.9 Å². The first-order chi connectivity index (χ1) is 19.6. The van der Waals surface area contributed by atoms with Crippen LogP contribution >= 0.6 is 0 Å². The molecule has 4 aromatic rings. The van der Waals surface area contributed by atoms with Crippen LogP contribution in [0.3, 0.4) is 0 Å². The Hall–Kier alpha value is -3.61. The summed E-state index contributed by atoms with van der Waals surface area (Å²) in [6, 6.07) is 11.4. The number of piperazine rings is 2. The Balaban J connectivity index is 1.26. The third-order valence-electron chi connectivity index (χ3n) is 8.38. The van der Waals surface area contributed by atoms with Crippen LogP contribution in [0.25, 0.3) is 16.6 Å². The minimum absolute atomic E-state index is 0.181. The molecule has 0 bridgehead atoms. The average Bonchev–Trinajstić information content (AvgIpc) is 3.41. The number of carbonyl (C=O) groups excluding carboxylic acids is 1. The normalized spacial score (nSPS) is 17.9. The van der Waals surface area contributed by atoms with Crippen molar-refractivity contribution < 1.29 is 9.00 Å². The zero-order valence-corrected chi connectivity index (χ0v) is 24.8. The highest BCUT2D eigenvalue weighted by molar-refractivity contribution is 7.85. The number of aromatic amines is 1. The van der Waals surface area contributed by atoms with E-state index in [9.17, 15) is 13.8 Å². The maximum Gasteiger partial charge on any atom is 0.281 e. The molecule has 1 unspecified atom stereocenters. The van der Waals surface area contributed by atoms with E-state index in [1.165, 1.54) is 0 Å². The number of H-pyrrole nitrogens is 1. The molecule has 1 amide bonds. The number of amides is 1. The fourth-order valence-corrected chi connectivity index (χ4v) is 7.12. The van der Waals surface area contributed by atoms with E-state index < -0.39 is 16.3 Å². The molecule has 2 saturated heterocycles. The number of anilines is 1. The van der Waals surface area contributed by atoms with Gasteiger partial charge in [-0.2, -0.15) is 4.98 Å². The molecule has 2 aromatic carbocycles. The summed E-state index contributed by atoms with van der Waals surface area (Å²) in [7, 11) is -1.60. The number of aryl methyl sites for hydroxylation is 2. The van der Waals surface area contributed by atoms with E-state index in [1.807, 2.05) is 62.9 Å². The minimum Gasteiger partial charge on any atom is -0.369 e. The van der Waals surface area contributed by atoms with Gasteiger partial charge < -0.3 is 15.1 Å². The lowest BCUT2D eigenvalue weighted by Crippen LogP contribution is -2.63. The zero-order valence-electron chi connectivity index (χ0n) is 23.9. The lowest BCUT2D eigenvalue weighted by atomic mass is 9.98. The summed E-state index contributed by atoms with van der Waals surface area (Å²) in [5.41, 5.74) is 2.88. The number of hydrogen-bond donors (Lipinski definition) is 2. The Labute approximate surface area is 241 Å². The zero-order chi connectivity index (χ0) is 28.9. The summed E-state index contributed by atoms with van der Waals surface area (Å²) < 4.78 is 15.1. The summed E-state index contributed by atoms with van der Waals surface area (Å²) in [6.45, 7) is 14.1. The van der Waals surface area contributed by atoms with Crippen molar-refractivity contribution in [1.29, 1.82) is 0 Å². The first-order valence-corrected chi connectivity index (χ1v) is 15.2. The number of nitrogens with zero attached hydrogens (tertiary/aromatic N) is 6. The SMILES string of the molecule is Cc1ccc(S(=O)c2n[nH]n3c2nc(=O)c2ccc(N4CCN(C(C)(C)C(=O)N5CCNCC5)CC4)cc23)c(C)c1. The predicted molar refractivity (Wildman–Crippen MR) is 159 cm³/mol. The highest BCUT2D eigenvalue weighted by Gasteiger charge is 2.39. The second kappa shape index (κ2) is 10.7. The molecular formula is C29H36N8O3S. The van der Waals surface area contributed by atoms with Gasteiger partial charge in [0.05, 0.1) is 16.4 Å². The van der Waals surface area contributed by atoms with Gasteiger partial charge >= 0.3 is 0 Å². The molecule has 11 nitrogen and oxygen atoms in total. The van der Waals surface area contributed by atoms with E-state index in [-0.39, 0.29) is 22.1 Å². The Bertz CT molecular complexity index is 1710. The maximum absolute atomic E-state index is 13.5. The number of nitrogens with one attached hydrogen (secondary N) is 2. The molecule has 2 aromatic heterocycles. The fraction of sp³-hybridized carbons (Fsp3) is 0.448. The van der Waals surface area contributed by atoms with Gasteiger partial charge in [0.25, 0.3) is 5.56 Å². The molecule has 12 heteroatoms. The van der Waals surface area contributed by atoms with Gasteiger partial charge in [-0.05, 0) is 57.5 Å². The number of benzene rings is 2. The van der Waals surface area contributed by atoms with Crippen LogP contribution in [0.5, 0.6) is 0 Å². The van der Waals surface area contributed by atoms with Crippen LogP contribution < -0.4 is 15.8 Å². The van der Waals surface area contributed by atoms with E-state index in [0.717, 1.165) is 69.2 Å². The standard InChI is InChI=1S/C29H36N8O3S/c1-19-5-8-24(20(2)17-19)41(40)27-25-31-26(38)22-7-6-21(18-23(22)37(25)33-32-27)34-13-15-36(16-14-34)29(3,4)28(39)35-11-9-30-10-12-35/h5-8,17-18,30,33H,9-16H2,1-4H3. The summed E-state index contributed by atoms with van der Waals surface area (Å²) in [5.74, 6) is 0.181. The Morgan fingerprint density at radius 2 is 1.71 bits per heavy atom. The lowest BCUT2D eigenvalue weighted by Gasteiger charge is -2.46. The highest BCUT2D eigenvalue weighted by Crippen LogP contribution is 2.27. The Morgan fingerprint density at radius 3 is 2.41 bits per heavy atom. The molecule has 0 radical (unpaired) electrons. The van der Waals surface area contributed by atoms with Crippen LogP contribution in [0.15, 0.2) is 51.1 Å². The van der Waals surface area contributed by atoms with Crippen LogP contribution in [0, 0.1) is 13.8 Å². The third kappa shape index (κ3) is 4.93. The molecule has 2 fully saturated rings. The van der Waals surface area contributed by atoms with E-state index >= 15 is 0 Å². The van der Waals surface area contributed by atoms with Crippen LogP contribution in [-0.2, 0) is 15.6 Å². The molecule has 0 aliphatic carbocycles. The van der Waals surface area contributed by atoms with Crippen LogP contribution in [-0.4, -0.2) is 97.6 Å². The van der Waals surface area contributed by atoms with Crippen LogP contribution in [0.1, 0.15) is 25.0 Å². The van der Waals surface area contributed by atoms with Crippen molar-refractivity contribution in [2.75, 3.05) is 57.3 Å². The van der Waals surface area contributed by atoms with Gasteiger partial charge in [0.1, 0.15) is 10.8 Å². The van der Waals surface area contributed by atoms with Crippen molar-refractivity contribution >= 4 is 38.9 Å². The predicted octanol–water partition coefficient (Wildman–Crippen LogP) is 1.69. The summed E-state index contributed by atoms with van der Waals surface area (Å²) in [4.78, 5) is 37.7. The van der Waals surface area contributed by atoms with Crippen molar-refractivity contribution in [2.45, 2.75) is 43.2 Å². The second-order valence-electron chi connectivity index (χ2n) is 11.4. The van der Waals surface area contributed by atoms with Gasteiger partial charge in [-0.25, -0.2) is 13.9 Å². The third-order valence-corrected chi connectivity index (χ3v) is 9.87. The van der Waals surface area contributed by atoms with E-state index in [4.69, 9.17) is 0 Å². The van der Waals surface area contributed by atoms with Gasteiger partial charge in [0.15, 0.2) is 10.7 Å². The molecule has 216 valence electrons. The highest BCUT2D eigenvalue weighted by atomic mass is 32.2. The quantitative estimate of drug-likeness (QED) is 0.369. The molecule has 2 aliphatic heterocycles. The second-order valence-corrected chi connectivity index (χ2v) is 12.8. The molecule has 2 N–H and O–H groups in total. The first kappa shape index (κ1) is 27.6. The average molecular weight is 577 g/mol. The monoisotopic (exact) mass is 576 g/mol. The molecular weight excluding hydrogens is 540 g/mol. The minimum atomic E-state index is -1.60. The largest absolute Gasteiger partial charge is 0.369 e. The Morgan fingerprint density at radius 1 is 0.976 bits per heavy atom. The van der Waals surface area contributed by atoms with Gasteiger partial charge in [-0.1, -0.05) is 17.7 Å². The summed E-state index contributed by atoms with van der Waals surface area (Å²) in [6.07, 6.45) is 0. The molecule has 2 aliphatic rings. The van der Waals surface area contributed by atoms with Crippen LogP contribution in [0.2, 0.25) is 0 Å².